The van der Waals surface area contributed by atoms with Gasteiger partial charge in [0.25, 0.3) is 0 Å². The zero-order chi connectivity index (χ0) is 14.2. The highest BCUT2D eigenvalue weighted by molar-refractivity contribution is 6.37. The van der Waals surface area contributed by atoms with Crippen LogP contribution in [0.3, 0.4) is 0 Å². The van der Waals surface area contributed by atoms with Crippen LogP contribution in [0.15, 0.2) is 18.2 Å². The lowest BCUT2D eigenvalue weighted by Crippen LogP contribution is -2.56. The number of imide groups is 1. The second-order valence-corrected chi connectivity index (χ2v) is 5.65. The Morgan fingerprint density at radius 1 is 1.32 bits per heavy atom. The molecule has 3 amide bonds. The number of anilines is 1. The van der Waals surface area contributed by atoms with Crippen LogP contribution in [-0.4, -0.2) is 18.5 Å². The Kier molecular flexibility index (Phi) is 4.02. The van der Waals surface area contributed by atoms with E-state index in [9.17, 15) is 9.59 Å². The Labute approximate surface area is 121 Å². The predicted molar refractivity (Wildman–Crippen MR) is 75.7 cm³/mol. The number of urea groups is 1. The van der Waals surface area contributed by atoms with Crippen LogP contribution in [0.5, 0.6) is 0 Å². The van der Waals surface area contributed by atoms with Gasteiger partial charge in [0.05, 0.1) is 16.6 Å². The van der Waals surface area contributed by atoms with Crippen molar-refractivity contribution in [3.8, 4) is 0 Å². The number of hydrogen-bond acceptors (Lipinski definition) is 2. The molecule has 1 fully saturated rings. The van der Waals surface area contributed by atoms with E-state index < -0.39 is 6.03 Å². The molecule has 1 aliphatic rings. The highest BCUT2D eigenvalue weighted by Gasteiger charge is 2.37. The summed E-state index contributed by atoms with van der Waals surface area (Å²) in [5.41, 5.74) is 0.321. The van der Waals surface area contributed by atoms with Crippen molar-refractivity contribution in [1.82, 2.24) is 5.32 Å². The monoisotopic (exact) mass is 300 g/mol. The van der Waals surface area contributed by atoms with Crippen LogP contribution < -0.4 is 10.2 Å². The Morgan fingerprint density at radius 3 is 2.63 bits per heavy atom. The van der Waals surface area contributed by atoms with Crippen molar-refractivity contribution < 1.29 is 9.59 Å². The van der Waals surface area contributed by atoms with E-state index in [0.717, 1.165) is 4.90 Å². The predicted octanol–water partition coefficient (Wildman–Crippen LogP) is 3.32. The van der Waals surface area contributed by atoms with Crippen LogP contribution in [0.1, 0.15) is 13.8 Å². The molecule has 0 spiro atoms. The van der Waals surface area contributed by atoms with Gasteiger partial charge in [-0.2, -0.15) is 0 Å². The van der Waals surface area contributed by atoms with E-state index in [1.807, 2.05) is 13.8 Å². The third-order valence-electron chi connectivity index (χ3n) is 3.17. The van der Waals surface area contributed by atoms with Crippen molar-refractivity contribution >= 4 is 40.8 Å². The number of hydrogen-bond donors (Lipinski definition) is 1. The van der Waals surface area contributed by atoms with Crippen LogP contribution in [0.2, 0.25) is 10.0 Å². The molecule has 1 N–H and O–H groups in total. The number of amides is 3. The summed E-state index contributed by atoms with van der Waals surface area (Å²) in [5.74, 6) is -0.371. The molecule has 4 nitrogen and oxygen atoms in total. The molecule has 0 saturated carbocycles. The summed E-state index contributed by atoms with van der Waals surface area (Å²) < 4.78 is 0. The van der Waals surface area contributed by atoms with Gasteiger partial charge >= 0.3 is 6.03 Å². The normalized spacial score (nSPS) is 19.8. The highest BCUT2D eigenvalue weighted by Crippen LogP contribution is 2.32. The van der Waals surface area contributed by atoms with E-state index in [0.29, 0.717) is 22.3 Å². The minimum absolute atomic E-state index is 0.133. The standard InChI is InChI=1S/C13H14Cl2N2O2/c1-7(2)9-6-16-13(19)17(12(9)18)11-5-8(14)3-4-10(11)15/h3-5,7,9H,6H2,1-2H3,(H,16,19). The van der Waals surface area contributed by atoms with Crippen molar-refractivity contribution in [2.45, 2.75) is 13.8 Å². The van der Waals surface area contributed by atoms with Crippen LogP contribution in [0, 0.1) is 11.8 Å². The molecule has 1 aliphatic heterocycles. The number of nitrogens with zero attached hydrogens (tertiary/aromatic N) is 1. The first-order valence-electron chi connectivity index (χ1n) is 5.98. The summed E-state index contributed by atoms with van der Waals surface area (Å²) in [6, 6.07) is 4.23. The maximum absolute atomic E-state index is 12.4. The average Bonchev–Trinajstić information content (AvgIpc) is 2.33. The largest absolute Gasteiger partial charge is 0.336 e. The number of halogens is 2. The molecule has 1 aromatic carbocycles. The minimum atomic E-state index is -0.467. The van der Waals surface area contributed by atoms with E-state index in [2.05, 4.69) is 5.32 Å². The molecule has 19 heavy (non-hydrogen) atoms. The molecule has 1 saturated heterocycles. The summed E-state index contributed by atoms with van der Waals surface area (Å²) in [6.07, 6.45) is 0. The average molecular weight is 301 g/mol. The molecule has 0 aliphatic carbocycles. The lowest BCUT2D eigenvalue weighted by Gasteiger charge is -2.33. The molecule has 0 bridgehead atoms. The van der Waals surface area contributed by atoms with Gasteiger partial charge in [-0.05, 0) is 24.1 Å². The van der Waals surface area contributed by atoms with Crippen molar-refractivity contribution in [3.05, 3.63) is 28.2 Å². The molecule has 1 unspecified atom stereocenters. The maximum atomic E-state index is 12.4. The first-order chi connectivity index (χ1) is 8.91. The molecule has 0 radical (unpaired) electrons. The van der Waals surface area contributed by atoms with Gasteiger partial charge in [0.15, 0.2) is 0 Å². The van der Waals surface area contributed by atoms with Crippen LogP contribution in [0.4, 0.5) is 10.5 Å². The first-order valence-corrected chi connectivity index (χ1v) is 6.74. The lowest BCUT2D eigenvalue weighted by molar-refractivity contribution is -0.123. The van der Waals surface area contributed by atoms with Crippen molar-refractivity contribution in [2.75, 3.05) is 11.4 Å². The minimum Gasteiger partial charge on any atom is -0.336 e. The molecular weight excluding hydrogens is 287 g/mol. The Hall–Kier alpha value is -1.26. The lowest BCUT2D eigenvalue weighted by atomic mass is 9.92. The Bertz CT molecular complexity index is 531. The second-order valence-electron chi connectivity index (χ2n) is 4.81. The summed E-state index contributed by atoms with van der Waals surface area (Å²) in [4.78, 5) is 25.4. The quantitative estimate of drug-likeness (QED) is 0.911. The third-order valence-corrected chi connectivity index (χ3v) is 3.72. The highest BCUT2D eigenvalue weighted by atomic mass is 35.5. The number of benzene rings is 1. The van der Waals surface area contributed by atoms with E-state index in [4.69, 9.17) is 23.2 Å². The van der Waals surface area contributed by atoms with Crippen LogP contribution in [-0.2, 0) is 4.79 Å². The van der Waals surface area contributed by atoms with Gasteiger partial charge in [0, 0.05) is 11.6 Å². The van der Waals surface area contributed by atoms with Gasteiger partial charge in [-0.25, -0.2) is 9.69 Å². The summed E-state index contributed by atoms with van der Waals surface area (Å²) in [5, 5.41) is 3.44. The molecule has 1 atom stereocenters. The first kappa shape index (κ1) is 14.2. The summed E-state index contributed by atoms with van der Waals surface area (Å²) >= 11 is 12.0. The zero-order valence-electron chi connectivity index (χ0n) is 10.6. The van der Waals surface area contributed by atoms with E-state index in [1.165, 1.54) is 6.07 Å². The molecule has 2 rings (SSSR count). The number of nitrogens with one attached hydrogen (secondary N) is 1. The summed E-state index contributed by atoms with van der Waals surface area (Å²) in [7, 11) is 0. The van der Waals surface area contributed by atoms with E-state index in [1.54, 1.807) is 12.1 Å². The SMILES string of the molecule is CC(C)C1CNC(=O)N(c2cc(Cl)ccc2Cl)C1=O. The molecule has 6 heteroatoms. The van der Waals surface area contributed by atoms with Crippen molar-refractivity contribution in [2.24, 2.45) is 11.8 Å². The topological polar surface area (TPSA) is 49.4 Å². The molecule has 1 heterocycles. The Balaban J connectivity index is 2.43. The number of rotatable bonds is 2. The van der Waals surface area contributed by atoms with Gasteiger partial charge in [-0.3, -0.25) is 4.79 Å². The van der Waals surface area contributed by atoms with Gasteiger partial charge in [-0.15, -0.1) is 0 Å². The zero-order valence-corrected chi connectivity index (χ0v) is 12.1. The van der Waals surface area contributed by atoms with Crippen LogP contribution >= 0.6 is 23.2 Å². The van der Waals surface area contributed by atoms with Crippen molar-refractivity contribution in [3.63, 3.8) is 0 Å². The van der Waals surface area contributed by atoms with Crippen LogP contribution in [0.25, 0.3) is 0 Å². The van der Waals surface area contributed by atoms with E-state index in [-0.39, 0.29) is 17.7 Å². The summed E-state index contributed by atoms with van der Waals surface area (Å²) in [6.45, 7) is 4.24. The fraction of sp³-hybridized carbons (Fsp3) is 0.385. The third kappa shape index (κ3) is 2.69. The molecular formula is C13H14Cl2N2O2. The van der Waals surface area contributed by atoms with Gasteiger partial charge in [0.1, 0.15) is 0 Å². The van der Waals surface area contributed by atoms with Gasteiger partial charge in [-0.1, -0.05) is 37.0 Å². The van der Waals surface area contributed by atoms with Crippen molar-refractivity contribution in [1.29, 1.82) is 0 Å². The maximum Gasteiger partial charge on any atom is 0.328 e. The second kappa shape index (κ2) is 5.39. The van der Waals surface area contributed by atoms with E-state index >= 15 is 0 Å². The molecule has 0 aromatic heterocycles. The smallest absolute Gasteiger partial charge is 0.328 e. The van der Waals surface area contributed by atoms with Gasteiger partial charge < -0.3 is 5.32 Å². The molecule has 102 valence electrons. The van der Waals surface area contributed by atoms with Gasteiger partial charge in [0.2, 0.25) is 5.91 Å². The Morgan fingerprint density at radius 2 is 2.00 bits per heavy atom. The number of carbonyl (C=O) groups excluding carboxylic acids is 2. The molecule has 1 aromatic rings. The number of carbonyl (C=O) groups is 2. The fourth-order valence-corrected chi connectivity index (χ4v) is 2.40. The fourth-order valence-electron chi connectivity index (χ4n) is 2.04.